The predicted octanol–water partition coefficient (Wildman–Crippen LogP) is 3.67. The summed E-state index contributed by atoms with van der Waals surface area (Å²) in [5.41, 5.74) is 1.86. The lowest BCUT2D eigenvalue weighted by Gasteiger charge is -2.13. The SMILES string of the molecule is CCC(CC)NC(=O)Cc1csc(-c2ccc(OC)cc2)n1. The highest BCUT2D eigenvalue weighted by Gasteiger charge is 2.12. The largest absolute Gasteiger partial charge is 0.497 e. The molecule has 0 unspecified atom stereocenters. The van der Waals surface area contributed by atoms with E-state index in [2.05, 4.69) is 24.1 Å². The first-order valence-corrected chi connectivity index (χ1v) is 8.42. The monoisotopic (exact) mass is 318 g/mol. The molecule has 0 aliphatic carbocycles. The van der Waals surface area contributed by atoms with Crippen LogP contribution in [-0.2, 0) is 11.2 Å². The Labute approximate surface area is 135 Å². The van der Waals surface area contributed by atoms with Crippen LogP contribution >= 0.6 is 11.3 Å². The summed E-state index contributed by atoms with van der Waals surface area (Å²) in [4.78, 5) is 16.6. The van der Waals surface area contributed by atoms with Crippen LogP contribution in [0.1, 0.15) is 32.4 Å². The van der Waals surface area contributed by atoms with E-state index in [4.69, 9.17) is 4.74 Å². The van der Waals surface area contributed by atoms with E-state index in [1.165, 1.54) is 0 Å². The maximum Gasteiger partial charge on any atom is 0.226 e. The van der Waals surface area contributed by atoms with Crippen molar-refractivity contribution in [1.29, 1.82) is 0 Å². The first-order chi connectivity index (χ1) is 10.7. The lowest BCUT2D eigenvalue weighted by molar-refractivity contribution is -0.121. The van der Waals surface area contributed by atoms with Gasteiger partial charge >= 0.3 is 0 Å². The summed E-state index contributed by atoms with van der Waals surface area (Å²) < 4.78 is 5.15. The fourth-order valence-electron chi connectivity index (χ4n) is 2.19. The number of nitrogens with zero attached hydrogens (tertiary/aromatic N) is 1. The highest BCUT2D eigenvalue weighted by molar-refractivity contribution is 7.13. The van der Waals surface area contributed by atoms with Crippen LogP contribution in [0.5, 0.6) is 5.75 Å². The Morgan fingerprint density at radius 3 is 2.55 bits per heavy atom. The molecule has 0 spiro atoms. The van der Waals surface area contributed by atoms with Gasteiger partial charge in [0.05, 0.1) is 19.2 Å². The molecule has 1 N–H and O–H groups in total. The topological polar surface area (TPSA) is 51.2 Å². The van der Waals surface area contributed by atoms with Crippen molar-refractivity contribution < 1.29 is 9.53 Å². The summed E-state index contributed by atoms with van der Waals surface area (Å²) in [7, 11) is 1.65. The third kappa shape index (κ3) is 4.31. The highest BCUT2D eigenvalue weighted by atomic mass is 32.1. The van der Waals surface area contributed by atoms with E-state index in [-0.39, 0.29) is 11.9 Å². The van der Waals surface area contributed by atoms with Crippen molar-refractivity contribution in [2.24, 2.45) is 0 Å². The number of rotatable bonds is 7. The first kappa shape index (κ1) is 16.5. The van der Waals surface area contributed by atoms with E-state index in [0.717, 1.165) is 34.9 Å². The quantitative estimate of drug-likeness (QED) is 0.847. The number of carbonyl (C=O) groups is 1. The molecule has 1 aromatic carbocycles. The maximum absolute atomic E-state index is 12.0. The molecule has 4 nitrogen and oxygen atoms in total. The number of hydrogen-bond donors (Lipinski definition) is 1. The van der Waals surface area contributed by atoms with E-state index in [1.807, 2.05) is 29.6 Å². The fourth-order valence-corrected chi connectivity index (χ4v) is 3.02. The van der Waals surface area contributed by atoms with Crippen molar-refractivity contribution in [2.45, 2.75) is 39.2 Å². The van der Waals surface area contributed by atoms with Crippen LogP contribution < -0.4 is 10.1 Å². The van der Waals surface area contributed by atoms with Crippen LogP contribution in [0.4, 0.5) is 0 Å². The zero-order valence-corrected chi connectivity index (χ0v) is 14.1. The number of amides is 1. The summed E-state index contributed by atoms with van der Waals surface area (Å²) in [6.45, 7) is 4.16. The molecular weight excluding hydrogens is 296 g/mol. The lowest BCUT2D eigenvalue weighted by atomic mass is 10.1. The van der Waals surface area contributed by atoms with Gasteiger partial charge in [0.15, 0.2) is 0 Å². The molecule has 0 aliphatic heterocycles. The molecule has 1 amide bonds. The second kappa shape index (κ2) is 7.94. The van der Waals surface area contributed by atoms with Crippen molar-refractivity contribution in [3.8, 4) is 16.3 Å². The van der Waals surface area contributed by atoms with Gasteiger partial charge in [-0.1, -0.05) is 13.8 Å². The van der Waals surface area contributed by atoms with Gasteiger partial charge in [0, 0.05) is 17.0 Å². The summed E-state index contributed by atoms with van der Waals surface area (Å²) in [6.07, 6.45) is 2.25. The number of thiazole rings is 1. The van der Waals surface area contributed by atoms with E-state index < -0.39 is 0 Å². The normalized spacial score (nSPS) is 10.7. The minimum Gasteiger partial charge on any atom is -0.497 e. The van der Waals surface area contributed by atoms with Crippen LogP contribution in [0.25, 0.3) is 10.6 Å². The van der Waals surface area contributed by atoms with Gasteiger partial charge in [-0.25, -0.2) is 4.98 Å². The van der Waals surface area contributed by atoms with Gasteiger partial charge in [-0.2, -0.15) is 0 Å². The average Bonchev–Trinajstić information content (AvgIpc) is 3.01. The third-order valence-corrected chi connectivity index (χ3v) is 4.52. The molecule has 118 valence electrons. The van der Waals surface area contributed by atoms with Crippen molar-refractivity contribution in [3.05, 3.63) is 35.3 Å². The van der Waals surface area contributed by atoms with Gasteiger partial charge in [0.1, 0.15) is 10.8 Å². The lowest BCUT2D eigenvalue weighted by Crippen LogP contribution is -2.34. The molecular formula is C17H22N2O2S. The van der Waals surface area contributed by atoms with Crippen LogP contribution in [-0.4, -0.2) is 24.0 Å². The Kier molecular flexibility index (Phi) is 5.95. The summed E-state index contributed by atoms with van der Waals surface area (Å²) in [6, 6.07) is 8.04. The molecule has 1 heterocycles. The van der Waals surface area contributed by atoms with Crippen molar-refractivity contribution >= 4 is 17.2 Å². The van der Waals surface area contributed by atoms with E-state index >= 15 is 0 Å². The minimum absolute atomic E-state index is 0.0419. The van der Waals surface area contributed by atoms with Crippen LogP contribution in [0.2, 0.25) is 0 Å². The van der Waals surface area contributed by atoms with Crippen molar-refractivity contribution in [1.82, 2.24) is 10.3 Å². The minimum atomic E-state index is 0.0419. The standard InChI is InChI=1S/C17H22N2O2S/c1-4-13(5-2)18-16(20)10-14-11-22-17(19-14)12-6-8-15(21-3)9-7-12/h6-9,11,13H,4-5,10H2,1-3H3,(H,18,20). The zero-order valence-electron chi connectivity index (χ0n) is 13.3. The smallest absolute Gasteiger partial charge is 0.226 e. The Balaban J connectivity index is 2.00. The number of aromatic nitrogens is 1. The molecule has 0 saturated heterocycles. The molecule has 0 atom stereocenters. The summed E-state index contributed by atoms with van der Waals surface area (Å²) in [5, 5.41) is 5.91. The summed E-state index contributed by atoms with van der Waals surface area (Å²) >= 11 is 1.56. The molecule has 1 aromatic heterocycles. The van der Waals surface area contributed by atoms with E-state index in [0.29, 0.717) is 6.42 Å². The molecule has 22 heavy (non-hydrogen) atoms. The summed E-state index contributed by atoms with van der Waals surface area (Å²) in [5.74, 6) is 0.866. The zero-order chi connectivity index (χ0) is 15.9. The molecule has 5 heteroatoms. The number of nitrogens with one attached hydrogen (secondary N) is 1. The van der Waals surface area contributed by atoms with Gasteiger partial charge in [-0.15, -0.1) is 11.3 Å². The molecule has 0 bridgehead atoms. The van der Waals surface area contributed by atoms with Crippen LogP contribution in [0.15, 0.2) is 29.6 Å². The Morgan fingerprint density at radius 1 is 1.27 bits per heavy atom. The second-order valence-electron chi connectivity index (χ2n) is 5.13. The van der Waals surface area contributed by atoms with Crippen molar-refractivity contribution in [3.63, 3.8) is 0 Å². The fraction of sp³-hybridized carbons (Fsp3) is 0.412. The molecule has 0 aliphatic rings. The predicted molar refractivity (Wildman–Crippen MR) is 90.3 cm³/mol. The molecule has 2 aromatic rings. The Bertz CT molecular complexity index is 603. The van der Waals surface area contributed by atoms with Gasteiger partial charge in [0.2, 0.25) is 5.91 Å². The van der Waals surface area contributed by atoms with Crippen LogP contribution in [0.3, 0.4) is 0 Å². The Hall–Kier alpha value is -1.88. The second-order valence-corrected chi connectivity index (χ2v) is 5.99. The first-order valence-electron chi connectivity index (χ1n) is 7.54. The highest BCUT2D eigenvalue weighted by Crippen LogP contribution is 2.25. The van der Waals surface area contributed by atoms with E-state index in [9.17, 15) is 4.79 Å². The molecule has 2 rings (SSSR count). The number of carbonyl (C=O) groups excluding carboxylic acids is 1. The van der Waals surface area contributed by atoms with E-state index in [1.54, 1.807) is 18.4 Å². The average molecular weight is 318 g/mol. The van der Waals surface area contributed by atoms with Gasteiger partial charge in [0.25, 0.3) is 0 Å². The van der Waals surface area contributed by atoms with Gasteiger partial charge < -0.3 is 10.1 Å². The molecule has 0 radical (unpaired) electrons. The number of ether oxygens (including phenoxy) is 1. The van der Waals surface area contributed by atoms with Gasteiger partial charge in [-0.3, -0.25) is 4.79 Å². The van der Waals surface area contributed by atoms with Crippen molar-refractivity contribution in [2.75, 3.05) is 7.11 Å². The van der Waals surface area contributed by atoms with Gasteiger partial charge in [-0.05, 0) is 37.1 Å². The third-order valence-electron chi connectivity index (χ3n) is 3.58. The number of hydrogen-bond acceptors (Lipinski definition) is 4. The maximum atomic E-state index is 12.0. The Morgan fingerprint density at radius 2 is 1.95 bits per heavy atom. The molecule has 0 saturated carbocycles. The van der Waals surface area contributed by atoms with Crippen LogP contribution in [0, 0.1) is 0 Å². The number of methoxy groups -OCH3 is 1. The number of benzene rings is 1. The molecule has 0 fully saturated rings.